The molecule has 0 aliphatic rings. The van der Waals surface area contributed by atoms with E-state index in [0.29, 0.717) is 11.5 Å². The number of anilines is 1. The molecule has 0 aliphatic heterocycles. The van der Waals surface area contributed by atoms with Gasteiger partial charge in [0.2, 0.25) is 5.91 Å². The van der Waals surface area contributed by atoms with E-state index in [-0.39, 0.29) is 35.6 Å². The fourth-order valence-electron chi connectivity index (χ4n) is 1.75. The zero-order chi connectivity index (χ0) is 16.9. The van der Waals surface area contributed by atoms with Gasteiger partial charge < -0.3 is 25.3 Å². The van der Waals surface area contributed by atoms with Crippen LogP contribution in [0.2, 0.25) is 0 Å². The summed E-state index contributed by atoms with van der Waals surface area (Å²) in [5.74, 6) is -0.560. The van der Waals surface area contributed by atoms with Gasteiger partial charge in [-0.25, -0.2) is 4.79 Å². The second-order valence-electron chi connectivity index (χ2n) is 4.88. The molecule has 3 N–H and O–H groups in total. The summed E-state index contributed by atoms with van der Waals surface area (Å²) in [4.78, 5) is 24.0. The van der Waals surface area contributed by atoms with Crippen molar-refractivity contribution in [1.82, 2.24) is 0 Å². The van der Waals surface area contributed by atoms with Gasteiger partial charge in [-0.1, -0.05) is 6.92 Å². The first-order chi connectivity index (χ1) is 10.3. The van der Waals surface area contributed by atoms with Gasteiger partial charge in [-0.3, -0.25) is 4.79 Å². The first-order valence-corrected chi connectivity index (χ1v) is 6.76. The molecular formula is C15H23ClN2O5. The second-order valence-corrected chi connectivity index (χ2v) is 4.88. The summed E-state index contributed by atoms with van der Waals surface area (Å²) in [5.41, 5.74) is 6.17. The molecule has 0 fully saturated rings. The van der Waals surface area contributed by atoms with E-state index in [1.807, 2.05) is 0 Å². The fourth-order valence-corrected chi connectivity index (χ4v) is 1.75. The lowest BCUT2D eigenvalue weighted by molar-refractivity contribution is -0.119. The summed E-state index contributed by atoms with van der Waals surface area (Å²) < 4.78 is 15.1. The van der Waals surface area contributed by atoms with Crippen molar-refractivity contribution in [2.24, 2.45) is 11.7 Å². The molecule has 2 unspecified atom stereocenters. The highest BCUT2D eigenvalue weighted by molar-refractivity contribution is 6.02. The van der Waals surface area contributed by atoms with Crippen molar-refractivity contribution in [3.05, 3.63) is 17.7 Å². The number of ether oxygens (including phenoxy) is 3. The van der Waals surface area contributed by atoms with Crippen LogP contribution in [0.5, 0.6) is 11.5 Å². The van der Waals surface area contributed by atoms with E-state index in [2.05, 4.69) is 5.32 Å². The first kappa shape index (κ1) is 21.0. The zero-order valence-corrected chi connectivity index (χ0v) is 14.7. The second kappa shape index (κ2) is 9.22. The number of rotatable bonds is 6. The monoisotopic (exact) mass is 346 g/mol. The van der Waals surface area contributed by atoms with Gasteiger partial charge >= 0.3 is 5.97 Å². The lowest BCUT2D eigenvalue weighted by Crippen LogP contribution is -2.34. The highest BCUT2D eigenvalue weighted by Gasteiger charge is 2.22. The van der Waals surface area contributed by atoms with Gasteiger partial charge in [0.1, 0.15) is 0 Å². The Morgan fingerprint density at radius 2 is 1.61 bits per heavy atom. The number of nitrogens with two attached hydrogens (primary N) is 1. The summed E-state index contributed by atoms with van der Waals surface area (Å²) in [6.45, 7) is 3.44. The number of carbonyl (C=O) groups excluding carboxylic acids is 2. The molecule has 1 aromatic rings. The molecule has 1 aromatic carbocycles. The zero-order valence-electron chi connectivity index (χ0n) is 13.8. The summed E-state index contributed by atoms with van der Waals surface area (Å²) in [5, 5.41) is 2.68. The van der Waals surface area contributed by atoms with Gasteiger partial charge in [0.25, 0.3) is 0 Å². The Labute approximate surface area is 141 Å². The van der Waals surface area contributed by atoms with E-state index < -0.39 is 11.9 Å². The summed E-state index contributed by atoms with van der Waals surface area (Å²) in [6, 6.07) is 2.65. The van der Waals surface area contributed by atoms with Crippen molar-refractivity contribution < 1.29 is 23.8 Å². The molecule has 2 atom stereocenters. The van der Waals surface area contributed by atoms with Crippen LogP contribution in [0, 0.1) is 5.92 Å². The molecule has 0 aromatic heterocycles. The molecule has 0 radical (unpaired) electrons. The van der Waals surface area contributed by atoms with Crippen molar-refractivity contribution in [3.63, 3.8) is 0 Å². The molecule has 23 heavy (non-hydrogen) atoms. The molecule has 0 saturated carbocycles. The van der Waals surface area contributed by atoms with Gasteiger partial charge in [0.05, 0.1) is 38.5 Å². The van der Waals surface area contributed by atoms with Crippen LogP contribution in [-0.4, -0.2) is 39.2 Å². The Bertz CT molecular complexity index is 563. The number of halogens is 1. The maximum atomic E-state index is 12.2. The standard InChI is InChI=1S/C15H22N2O5.ClH/c1-8(9(2)16)14(18)17-11-7-13(21-4)12(20-3)6-10(11)15(19)22-5;/h6-9H,16H2,1-5H3,(H,17,18);1H. The molecule has 8 heteroatoms. The highest BCUT2D eigenvalue weighted by Crippen LogP contribution is 2.34. The molecule has 0 saturated heterocycles. The minimum atomic E-state index is -0.593. The van der Waals surface area contributed by atoms with Crippen LogP contribution >= 0.6 is 12.4 Å². The third kappa shape index (κ3) is 5.01. The predicted octanol–water partition coefficient (Wildman–Crippen LogP) is 1.83. The van der Waals surface area contributed by atoms with Crippen LogP contribution in [0.25, 0.3) is 0 Å². The molecule has 130 valence electrons. The number of hydrogen-bond acceptors (Lipinski definition) is 6. The van der Waals surface area contributed by atoms with Crippen molar-refractivity contribution in [3.8, 4) is 11.5 Å². The highest BCUT2D eigenvalue weighted by atomic mass is 35.5. The average Bonchev–Trinajstić information content (AvgIpc) is 2.52. The Morgan fingerprint density at radius 3 is 2.04 bits per heavy atom. The molecule has 0 heterocycles. The van der Waals surface area contributed by atoms with E-state index in [9.17, 15) is 9.59 Å². The Morgan fingerprint density at radius 1 is 1.09 bits per heavy atom. The number of nitrogens with one attached hydrogen (secondary N) is 1. The van der Waals surface area contributed by atoms with Gasteiger partial charge in [-0.05, 0) is 6.92 Å². The van der Waals surface area contributed by atoms with Crippen molar-refractivity contribution in [2.75, 3.05) is 26.6 Å². The minimum Gasteiger partial charge on any atom is -0.493 e. The third-order valence-corrected chi connectivity index (χ3v) is 3.39. The van der Waals surface area contributed by atoms with Crippen molar-refractivity contribution in [2.45, 2.75) is 19.9 Å². The van der Waals surface area contributed by atoms with Crippen LogP contribution in [0.15, 0.2) is 12.1 Å². The third-order valence-electron chi connectivity index (χ3n) is 3.39. The van der Waals surface area contributed by atoms with E-state index in [1.54, 1.807) is 13.8 Å². The minimum absolute atomic E-state index is 0. The van der Waals surface area contributed by atoms with Crippen molar-refractivity contribution >= 4 is 30.0 Å². The van der Waals surface area contributed by atoms with Crippen LogP contribution in [-0.2, 0) is 9.53 Å². The molecule has 7 nitrogen and oxygen atoms in total. The topological polar surface area (TPSA) is 99.9 Å². The molecule has 0 bridgehead atoms. The van der Waals surface area contributed by atoms with Crippen LogP contribution in [0.3, 0.4) is 0 Å². The van der Waals surface area contributed by atoms with E-state index >= 15 is 0 Å². The molecule has 0 aliphatic carbocycles. The number of hydrogen-bond donors (Lipinski definition) is 2. The van der Waals surface area contributed by atoms with Gasteiger partial charge in [-0.2, -0.15) is 0 Å². The lowest BCUT2D eigenvalue weighted by Gasteiger charge is -2.18. The van der Waals surface area contributed by atoms with Crippen LogP contribution in [0.1, 0.15) is 24.2 Å². The summed E-state index contributed by atoms with van der Waals surface area (Å²) >= 11 is 0. The average molecular weight is 347 g/mol. The normalized spacial score (nSPS) is 12.4. The van der Waals surface area contributed by atoms with E-state index in [4.69, 9.17) is 19.9 Å². The largest absolute Gasteiger partial charge is 0.493 e. The predicted molar refractivity (Wildman–Crippen MR) is 89.6 cm³/mol. The summed E-state index contributed by atoms with van der Waals surface area (Å²) in [7, 11) is 4.18. The lowest BCUT2D eigenvalue weighted by atomic mass is 10.0. The number of esters is 1. The Hall–Kier alpha value is -1.99. The molecule has 1 amide bonds. The van der Waals surface area contributed by atoms with E-state index in [0.717, 1.165) is 0 Å². The van der Waals surface area contributed by atoms with Gasteiger partial charge in [0.15, 0.2) is 11.5 Å². The smallest absolute Gasteiger partial charge is 0.340 e. The molecule has 1 rings (SSSR count). The molecular weight excluding hydrogens is 324 g/mol. The number of benzene rings is 1. The maximum Gasteiger partial charge on any atom is 0.340 e. The van der Waals surface area contributed by atoms with E-state index in [1.165, 1.54) is 33.5 Å². The van der Waals surface area contributed by atoms with Crippen molar-refractivity contribution in [1.29, 1.82) is 0 Å². The Kier molecular flexibility index (Phi) is 8.42. The Balaban J connectivity index is 0.00000484. The maximum absolute atomic E-state index is 12.2. The van der Waals surface area contributed by atoms with Crippen LogP contribution < -0.4 is 20.5 Å². The molecule has 0 spiro atoms. The number of methoxy groups -OCH3 is 3. The fraction of sp³-hybridized carbons (Fsp3) is 0.467. The van der Waals surface area contributed by atoms with Gasteiger partial charge in [0, 0.05) is 18.2 Å². The number of amides is 1. The van der Waals surface area contributed by atoms with Crippen LogP contribution in [0.4, 0.5) is 5.69 Å². The number of carbonyl (C=O) groups is 2. The van der Waals surface area contributed by atoms with Gasteiger partial charge in [-0.15, -0.1) is 12.4 Å². The first-order valence-electron chi connectivity index (χ1n) is 6.76. The SMILES string of the molecule is COC(=O)c1cc(OC)c(OC)cc1NC(=O)C(C)C(C)N.Cl. The quantitative estimate of drug-likeness (QED) is 0.762. The summed E-state index contributed by atoms with van der Waals surface area (Å²) in [6.07, 6.45) is 0.